The van der Waals surface area contributed by atoms with Gasteiger partial charge in [0.05, 0.1) is 6.54 Å². The molecular formula is C18H27N7O. The van der Waals surface area contributed by atoms with Crippen LogP contribution in [0.25, 0.3) is 0 Å². The van der Waals surface area contributed by atoms with Gasteiger partial charge in [0.25, 0.3) is 5.91 Å². The normalized spacial score (nSPS) is 18.7. The second-order valence-corrected chi connectivity index (χ2v) is 7.72. The van der Waals surface area contributed by atoms with E-state index >= 15 is 0 Å². The van der Waals surface area contributed by atoms with Gasteiger partial charge in [0.15, 0.2) is 0 Å². The molecule has 1 amide bonds. The number of amides is 1. The van der Waals surface area contributed by atoms with Crippen molar-refractivity contribution in [3.63, 3.8) is 0 Å². The summed E-state index contributed by atoms with van der Waals surface area (Å²) in [4.78, 5) is 16.7. The lowest BCUT2D eigenvalue weighted by Crippen LogP contribution is -2.39. The van der Waals surface area contributed by atoms with Gasteiger partial charge in [-0.1, -0.05) is 0 Å². The summed E-state index contributed by atoms with van der Waals surface area (Å²) in [6.07, 6.45) is 6.00. The number of hydrogen-bond donors (Lipinski definition) is 0. The van der Waals surface area contributed by atoms with Crippen LogP contribution < -0.4 is 0 Å². The number of hydrogen-bond acceptors (Lipinski definition) is 5. The molecule has 26 heavy (non-hydrogen) atoms. The zero-order chi connectivity index (χ0) is 18.3. The molecule has 0 aromatic carbocycles. The Morgan fingerprint density at radius 3 is 2.50 bits per heavy atom. The largest absolute Gasteiger partial charge is 0.337 e. The van der Waals surface area contributed by atoms with Crippen LogP contribution in [0, 0.1) is 0 Å². The van der Waals surface area contributed by atoms with Crippen molar-refractivity contribution < 1.29 is 4.79 Å². The molecule has 2 fully saturated rings. The summed E-state index contributed by atoms with van der Waals surface area (Å²) in [5.41, 5.74) is 0.651. The van der Waals surface area contributed by atoms with E-state index in [1.54, 1.807) is 16.9 Å². The number of rotatable bonds is 5. The average Bonchev–Trinajstić information content (AvgIpc) is 3.24. The number of aryl methyl sites for hydroxylation is 1. The summed E-state index contributed by atoms with van der Waals surface area (Å²) in [6.45, 7) is 2.34. The first-order chi connectivity index (χ1) is 12.5. The average molecular weight is 357 g/mol. The van der Waals surface area contributed by atoms with Gasteiger partial charge < -0.3 is 14.4 Å². The highest BCUT2D eigenvalue weighted by molar-refractivity contribution is 5.92. The third-order valence-corrected chi connectivity index (χ3v) is 5.35. The quantitative estimate of drug-likeness (QED) is 0.809. The lowest BCUT2D eigenvalue weighted by atomic mass is 9.95. The first-order valence-corrected chi connectivity index (χ1v) is 9.40. The third-order valence-electron chi connectivity index (χ3n) is 5.35. The summed E-state index contributed by atoms with van der Waals surface area (Å²) in [6, 6.07) is 2.36. The number of nitrogens with zero attached hydrogens (tertiary/aromatic N) is 7. The van der Waals surface area contributed by atoms with E-state index in [1.165, 1.54) is 12.8 Å². The summed E-state index contributed by atoms with van der Waals surface area (Å²) < 4.78 is 4.02. The topological polar surface area (TPSA) is 72.1 Å². The molecule has 2 aromatic heterocycles. The lowest BCUT2D eigenvalue weighted by Gasteiger charge is -2.31. The molecule has 2 aliphatic rings. The molecule has 2 aromatic rings. The van der Waals surface area contributed by atoms with Gasteiger partial charge in [-0.3, -0.25) is 9.48 Å². The number of aromatic nitrogens is 5. The molecule has 0 atom stereocenters. The monoisotopic (exact) mass is 357 g/mol. The molecule has 1 saturated heterocycles. The van der Waals surface area contributed by atoms with Gasteiger partial charge in [-0.15, -0.1) is 10.2 Å². The lowest BCUT2D eigenvalue weighted by molar-refractivity contribution is 0.0699. The molecule has 0 unspecified atom stereocenters. The molecule has 1 aliphatic carbocycles. The Kier molecular flexibility index (Phi) is 4.52. The second-order valence-electron chi connectivity index (χ2n) is 7.72. The smallest absolute Gasteiger partial charge is 0.272 e. The van der Waals surface area contributed by atoms with Crippen molar-refractivity contribution in [1.82, 2.24) is 34.3 Å². The van der Waals surface area contributed by atoms with E-state index in [1.807, 2.05) is 11.9 Å². The summed E-state index contributed by atoms with van der Waals surface area (Å²) in [5, 5.41) is 13.1. The SMILES string of the molecule is CN(C)Cc1nnc(C2CCN(C(=O)c3ccnn3C)CC2)n1C1CC1. The van der Waals surface area contributed by atoms with Crippen molar-refractivity contribution in [2.45, 2.75) is 44.2 Å². The predicted molar refractivity (Wildman–Crippen MR) is 96.8 cm³/mol. The molecule has 1 saturated carbocycles. The highest BCUT2D eigenvalue weighted by Gasteiger charge is 2.34. The van der Waals surface area contributed by atoms with Gasteiger partial charge in [0.2, 0.25) is 0 Å². The first kappa shape index (κ1) is 17.2. The van der Waals surface area contributed by atoms with Gasteiger partial charge in [0, 0.05) is 38.3 Å². The van der Waals surface area contributed by atoms with E-state index in [0.29, 0.717) is 17.7 Å². The van der Waals surface area contributed by atoms with Crippen LogP contribution in [0.4, 0.5) is 0 Å². The molecule has 0 bridgehead atoms. The van der Waals surface area contributed by atoms with Crippen molar-refractivity contribution in [2.24, 2.45) is 7.05 Å². The number of carbonyl (C=O) groups excluding carboxylic acids is 1. The van der Waals surface area contributed by atoms with Crippen molar-refractivity contribution in [1.29, 1.82) is 0 Å². The van der Waals surface area contributed by atoms with E-state index in [9.17, 15) is 4.79 Å². The fourth-order valence-electron chi connectivity index (χ4n) is 3.82. The molecule has 3 heterocycles. The first-order valence-electron chi connectivity index (χ1n) is 9.40. The molecule has 0 radical (unpaired) electrons. The number of carbonyl (C=O) groups is 1. The van der Waals surface area contributed by atoms with Crippen LogP contribution in [0.2, 0.25) is 0 Å². The minimum absolute atomic E-state index is 0.0698. The molecule has 1 aliphatic heterocycles. The fourth-order valence-corrected chi connectivity index (χ4v) is 3.82. The zero-order valence-electron chi connectivity index (χ0n) is 15.8. The second kappa shape index (κ2) is 6.83. The van der Waals surface area contributed by atoms with Gasteiger partial charge in [0.1, 0.15) is 17.3 Å². The molecule has 8 nitrogen and oxygen atoms in total. The summed E-state index contributed by atoms with van der Waals surface area (Å²) in [7, 11) is 5.94. The Labute approximate surface area is 153 Å². The Bertz CT molecular complexity index is 781. The van der Waals surface area contributed by atoms with Crippen LogP contribution in [-0.4, -0.2) is 67.4 Å². The minimum atomic E-state index is 0.0698. The Hall–Kier alpha value is -2.22. The molecule has 0 spiro atoms. The van der Waals surface area contributed by atoms with Crippen molar-refractivity contribution >= 4 is 5.91 Å². The highest BCUT2D eigenvalue weighted by atomic mass is 16.2. The molecule has 140 valence electrons. The maximum Gasteiger partial charge on any atom is 0.272 e. The maximum absolute atomic E-state index is 12.7. The van der Waals surface area contributed by atoms with E-state index in [-0.39, 0.29) is 5.91 Å². The Morgan fingerprint density at radius 1 is 1.19 bits per heavy atom. The Balaban J connectivity index is 1.46. The molecule has 8 heteroatoms. The van der Waals surface area contributed by atoms with Gasteiger partial charge in [-0.25, -0.2) is 0 Å². The maximum atomic E-state index is 12.7. The van der Waals surface area contributed by atoms with E-state index < -0.39 is 0 Å². The zero-order valence-corrected chi connectivity index (χ0v) is 15.8. The molecular weight excluding hydrogens is 330 g/mol. The van der Waals surface area contributed by atoms with E-state index in [0.717, 1.165) is 44.1 Å². The van der Waals surface area contributed by atoms with Crippen LogP contribution in [0.15, 0.2) is 12.3 Å². The van der Waals surface area contributed by atoms with Crippen LogP contribution in [0.5, 0.6) is 0 Å². The van der Waals surface area contributed by atoms with Crippen LogP contribution >= 0.6 is 0 Å². The van der Waals surface area contributed by atoms with Crippen molar-refractivity contribution in [2.75, 3.05) is 27.2 Å². The van der Waals surface area contributed by atoms with Gasteiger partial charge in [-0.05, 0) is 45.8 Å². The van der Waals surface area contributed by atoms with Crippen LogP contribution in [0.1, 0.15) is 59.8 Å². The van der Waals surface area contributed by atoms with Crippen molar-refractivity contribution in [3.8, 4) is 0 Å². The van der Waals surface area contributed by atoms with Gasteiger partial charge >= 0.3 is 0 Å². The number of piperidine rings is 1. The van der Waals surface area contributed by atoms with Crippen molar-refractivity contribution in [3.05, 3.63) is 29.6 Å². The minimum Gasteiger partial charge on any atom is -0.337 e. The van der Waals surface area contributed by atoms with E-state index in [2.05, 4.69) is 38.9 Å². The standard InChI is InChI=1S/C18H27N7O/c1-22(2)12-16-20-21-17(25(16)14-4-5-14)13-7-10-24(11-8-13)18(26)15-6-9-19-23(15)3/h6,9,13-14H,4-5,7-8,10-12H2,1-3H3. The molecule has 0 N–H and O–H groups in total. The van der Waals surface area contributed by atoms with E-state index in [4.69, 9.17) is 0 Å². The van der Waals surface area contributed by atoms with Crippen LogP contribution in [0.3, 0.4) is 0 Å². The van der Waals surface area contributed by atoms with Crippen LogP contribution in [-0.2, 0) is 13.6 Å². The number of likely N-dealkylation sites (tertiary alicyclic amines) is 1. The van der Waals surface area contributed by atoms with Gasteiger partial charge in [-0.2, -0.15) is 5.10 Å². The predicted octanol–water partition coefficient (Wildman–Crippen LogP) is 1.43. The fraction of sp³-hybridized carbons (Fsp3) is 0.667. The molecule has 4 rings (SSSR count). The summed E-state index contributed by atoms with van der Waals surface area (Å²) in [5.74, 6) is 2.65. The third kappa shape index (κ3) is 3.25. The summed E-state index contributed by atoms with van der Waals surface area (Å²) >= 11 is 0. The highest BCUT2D eigenvalue weighted by Crippen LogP contribution is 2.40. The Morgan fingerprint density at radius 2 is 1.92 bits per heavy atom.